The average Bonchev–Trinajstić information content (AvgIpc) is 2.88. The van der Waals surface area contributed by atoms with Gasteiger partial charge in [-0.25, -0.2) is 0 Å². The maximum atomic E-state index is 6.01. The van der Waals surface area contributed by atoms with Gasteiger partial charge in [-0.1, -0.05) is 18.6 Å². The van der Waals surface area contributed by atoms with Crippen molar-refractivity contribution in [3.05, 3.63) is 29.3 Å². The Labute approximate surface area is 109 Å². The number of ether oxygens (including phenoxy) is 1. The summed E-state index contributed by atoms with van der Waals surface area (Å²) in [5.74, 6) is 1.06. The van der Waals surface area contributed by atoms with Crippen molar-refractivity contribution in [3.63, 3.8) is 0 Å². The number of hydrogen-bond donors (Lipinski definition) is 1. The molecule has 2 aliphatic rings. The number of fused-ring (bicyclic) bond motifs is 1. The first-order chi connectivity index (χ1) is 8.88. The van der Waals surface area contributed by atoms with Gasteiger partial charge in [-0.2, -0.15) is 0 Å². The first-order valence-corrected chi connectivity index (χ1v) is 7.08. The summed E-state index contributed by atoms with van der Waals surface area (Å²) in [5, 5.41) is 0. The summed E-state index contributed by atoms with van der Waals surface area (Å²) < 4.78 is 5.57. The van der Waals surface area contributed by atoms with Crippen molar-refractivity contribution >= 4 is 0 Å². The van der Waals surface area contributed by atoms with Gasteiger partial charge in [-0.15, -0.1) is 0 Å². The molecule has 18 heavy (non-hydrogen) atoms. The van der Waals surface area contributed by atoms with Crippen molar-refractivity contribution in [3.8, 4) is 5.75 Å². The number of nitrogens with zero attached hydrogens (tertiary/aromatic N) is 1. The predicted octanol–water partition coefficient (Wildman–Crippen LogP) is 2.11. The Balaban J connectivity index is 1.82. The molecular weight excluding hydrogens is 224 g/mol. The Hall–Kier alpha value is -1.06. The zero-order valence-electron chi connectivity index (χ0n) is 10.9. The van der Waals surface area contributed by atoms with E-state index in [9.17, 15) is 0 Å². The fraction of sp³-hybridized carbons (Fsp3) is 0.600. The molecule has 0 spiro atoms. The van der Waals surface area contributed by atoms with Crippen LogP contribution in [-0.2, 0) is 6.42 Å². The van der Waals surface area contributed by atoms with E-state index in [1.165, 1.54) is 43.5 Å². The Morgan fingerprint density at radius 1 is 1.22 bits per heavy atom. The van der Waals surface area contributed by atoms with Gasteiger partial charge in [0.1, 0.15) is 5.75 Å². The van der Waals surface area contributed by atoms with Crippen LogP contribution in [0.3, 0.4) is 0 Å². The van der Waals surface area contributed by atoms with Crippen molar-refractivity contribution in [2.45, 2.75) is 31.7 Å². The molecule has 1 atom stereocenters. The third-order valence-electron chi connectivity index (χ3n) is 4.15. The third kappa shape index (κ3) is 2.25. The number of nitrogens with two attached hydrogens (primary N) is 1. The Kier molecular flexibility index (Phi) is 3.52. The maximum absolute atomic E-state index is 6.01. The molecule has 1 aromatic carbocycles. The highest BCUT2D eigenvalue weighted by Gasteiger charge is 2.22. The summed E-state index contributed by atoms with van der Waals surface area (Å²) in [6.07, 6.45) is 5.03. The molecule has 3 rings (SSSR count). The van der Waals surface area contributed by atoms with Crippen LogP contribution in [0.5, 0.6) is 5.75 Å². The van der Waals surface area contributed by atoms with Crippen molar-refractivity contribution < 1.29 is 4.74 Å². The minimum absolute atomic E-state index is 0.385. The molecule has 0 radical (unpaired) electrons. The first-order valence-electron chi connectivity index (χ1n) is 7.08. The average molecular weight is 246 g/mol. The number of hydrogen-bond acceptors (Lipinski definition) is 3. The smallest absolute Gasteiger partial charge is 0.122 e. The largest absolute Gasteiger partial charge is 0.493 e. The summed E-state index contributed by atoms with van der Waals surface area (Å²) in [7, 11) is 0. The second kappa shape index (κ2) is 5.29. The van der Waals surface area contributed by atoms with Crippen LogP contribution in [0.4, 0.5) is 0 Å². The van der Waals surface area contributed by atoms with Gasteiger partial charge in [0.05, 0.1) is 6.61 Å². The molecule has 0 saturated carbocycles. The highest BCUT2D eigenvalue weighted by Crippen LogP contribution is 2.30. The molecule has 98 valence electrons. The van der Waals surface area contributed by atoms with Crippen LogP contribution in [0.15, 0.2) is 18.2 Å². The zero-order chi connectivity index (χ0) is 12.4. The van der Waals surface area contributed by atoms with E-state index in [-0.39, 0.29) is 0 Å². The molecule has 0 bridgehead atoms. The maximum Gasteiger partial charge on any atom is 0.122 e. The highest BCUT2D eigenvalue weighted by molar-refractivity contribution is 5.40. The summed E-state index contributed by atoms with van der Waals surface area (Å²) in [4.78, 5) is 2.54. The lowest BCUT2D eigenvalue weighted by Crippen LogP contribution is -2.37. The van der Waals surface area contributed by atoms with Crippen LogP contribution in [0, 0.1) is 0 Å². The highest BCUT2D eigenvalue weighted by atomic mass is 16.5. The van der Waals surface area contributed by atoms with E-state index in [0.717, 1.165) is 18.8 Å². The standard InChI is InChI=1S/C15H22N2O/c16-11-14(17-7-2-1-3-8-17)12-4-5-15-13(10-12)6-9-18-15/h4-5,10,14H,1-3,6-9,11,16H2/t14-/m1/s1. The summed E-state index contributed by atoms with van der Waals surface area (Å²) in [5.41, 5.74) is 8.72. The Morgan fingerprint density at radius 3 is 2.83 bits per heavy atom. The fourth-order valence-electron chi connectivity index (χ4n) is 3.14. The quantitative estimate of drug-likeness (QED) is 0.887. The minimum Gasteiger partial charge on any atom is -0.493 e. The molecule has 2 heterocycles. The van der Waals surface area contributed by atoms with Crippen molar-refractivity contribution in [2.75, 3.05) is 26.2 Å². The Morgan fingerprint density at radius 2 is 2.06 bits per heavy atom. The van der Waals surface area contributed by atoms with Crippen molar-refractivity contribution in [1.82, 2.24) is 4.90 Å². The van der Waals surface area contributed by atoms with Crippen molar-refractivity contribution in [1.29, 1.82) is 0 Å². The molecule has 0 unspecified atom stereocenters. The van der Waals surface area contributed by atoms with Gasteiger partial charge >= 0.3 is 0 Å². The zero-order valence-corrected chi connectivity index (χ0v) is 10.9. The van der Waals surface area contributed by atoms with Crippen LogP contribution in [-0.4, -0.2) is 31.1 Å². The molecule has 2 aliphatic heterocycles. The van der Waals surface area contributed by atoms with Crippen LogP contribution in [0.2, 0.25) is 0 Å². The van der Waals surface area contributed by atoms with E-state index in [1.807, 2.05) is 0 Å². The summed E-state index contributed by atoms with van der Waals surface area (Å²) in [6.45, 7) is 3.92. The molecule has 3 heteroatoms. The lowest BCUT2D eigenvalue weighted by Gasteiger charge is -2.34. The van der Waals surface area contributed by atoms with Crippen LogP contribution >= 0.6 is 0 Å². The SMILES string of the molecule is NC[C@H](c1ccc2c(c1)CCO2)N1CCCCC1. The second-order valence-electron chi connectivity index (χ2n) is 5.31. The first kappa shape index (κ1) is 12.0. The fourth-order valence-corrected chi connectivity index (χ4v) is 3.14. The van der Waals surface area contributed by atoms with Crippen LogP contribution in [0.1, 0.15) is 36.4 Å². The molecule has 1 fully saturated rings. The van der Waals surface area contributed by atoms with Gasteiger partial charge in [0.2, 0.25) is 0 Å². The van der Waals surface area contributed by atoms with Crippen molar-refractivity contribution in [2.24, 2.45) is 5.73 Å². The molecule has 0 aliphatic carbocycles. The monoisotopic (exact) mass is 246 g/mol. The van der Waals surface area contributed by atoms with Gasteiger partial charge in [-0.3, -0.25) is 4.90 Å². The van der Waals surface area contributed by atoms with Gasteiger partial charge in [0, 0.05) is 19.0 Å². The topological polar surface area (TPSA) is 38.5 Å². The molecule has 0 aromatic heterocycles. The van der Waals surface area contributed by atoms with E-state index < -0.39 is 0 Å². The van der Waals surface area contributed by atoms with Gasteiger partial charge in [-0.05, 0) is 43.1 Å². The van der Waals surface area contributed by atoms with Gasteiger partial charge in [0.25, 0.3) is 0 Å². The molecule has 1 saturated heterocycles. The lowest BCUT2D eigenvalue weighted by atomic mass is 9.99. The minimum atomic E-state index is 0.385. The number of piperidine rings is 1. The molecule has 0 amide bonds. The summed E-state index contributed by atoms with van der Waals surface area (Å²) in [6, 6.07) is 6.99. The van der Waals surface area contributed by atoms with E-state index >= 15 is 0 Å². The van der Waals surface area contributed by atoms with Gasteiger partial charge in [0.15, 0.2) is 0 Å². The predicted molar refractivity (Wildman–Crippen MR) is 72.9 cm³/mol. The van der Waals surface area contributed by atoms with E-state index in [2.05, 4.69) is 23.1 Å². The number of likely N-dealkylation sites (tertiary alicyclic amines) is 1. The number of rotatable bonds is 3. The Bertz CT molecular complexity index is 413. The van der Waals surface area contributed by atoms with E-state index in [0.29, 0.717) is 12.6 Å². The molecule has 1 aromatic rings. The van der Waals surface area contributed by atoms with Crippen LogP contribution < -0.4 is 10.5 Å². The normalized spacial score (nSPS) is 21.4. The third-order valence-corrected chi connectivity index (χ3v) is 4.15. The van der Waals surface area contributed by atoms with E-state index in [1.54, 1.807) is 0 Å². The number of benzene rings is 1. The molecule has 2 N–H and O–H groups in total. The van der Waals surface area contributed by atoms with Gasteiger partial charge < -0.3 is 10.5 Å². The van der Waals surface area contributed by atoms with Crippen LogP contribution in [0.25, 0.3) is 0 Å². The molecule has 3 nitrogen and oxygen atoms in total. The summed E-state index contributed by atoms with van der Waals surface area (Å²) >= 11 is 0. The van der Waals surface area contributed by atoms with E-state index in [4.69, 9.17) is 10.5 Å². The molecular formula is C15H22N2O. The lowest BCUT2D eigenvalue weighted by molar-refractivity contribution is 0.167. The second-order valence-corrected chi connectivity index (χ2v) is 5.31.